The minimum atomic E-state index is -4.40. The molecule has 0 saturated heterocycles. The van der Waals surface area contributed by atoms with Crippen LogP contribution in [0.1, 0.15) is 23.1 Å². The molecule has 0 heterocycles. The highest BCUT2D eigenvalue weighted by molar-refractivity contribution is 9.09. The van der Waals surface area contributed by atoms with E-state index in [1.165, 1.54) is 19.1 Å². The van der Waals surface area contributed by atoms with E-state index in [0.29, 0.717) is 0 Å². The largest absolute Gasteiger partial charge is 0.446 e. The van der Waals surface area contributed by atoms with E-state index in [-0.39, 0.29) is 5.56 Å². The molecule has 0 aliphatic heterocycles. The van der Waals surface area contributed by atoms with Gasteiger partial charge in [0.1, 0.15) is 0 Å². The Bertz CT molecular complexity index is 390. The monoisotopic (exact) mass is 296 g/mol. The van der Waals surface area contributed by atoms with Gasteiger partial charge in [-0.25, -0.2) is 0 Å². The van der Waals surface area contributed by atoms with E-state index in [9.17, 15) is 18.0 Å². The predicted octanol–water partition coefficient (Wildman–Crippen LogP) is 3.66. The lowest BCUT2D eigenvalue weighted by Crippen LogP contribution is -2.07. The number of alkyl halides is 4. The van der Waals surface area contributed by atoms with Crippen LogP contribution < -0.4 is 0 Å². The fraction of sp³-hybridized carbons (Fsp3) is 0.300. The van der Waals surface area contributed by atoms with Crippen molar-refractivity contribution in [1.29, 1.82) is 0 Å². The Morgan fingerprint density at radius 1 is 1.44 bits per heavy atom. The van der Waals surface area contributed by atoms with Crippen LogP contribution in [0.5, 0.6) is 0 Å². The summed E-state index contributed by atoms with van der Waals surface area (Å²) in [5.41, 5.74) is -0.536. The molecule has 1 atom stereocenters. The van der Waals surface area contributed by atoms with Crippen LogP contribution >= 0.6 is 15.9 Å². The molecule has 1 unspecified atom stereocenters. The van der Waals surface area contributed by atoms with E-state index >= 15 is 0 Å². The third-order valence-electron chi connectivity index (χ3n) is 1.75. The van der Waals surface area contributed by atoms with Gasteiger partial charge in [0.2, 0.25) is 0 Å². The van der Waals surface area contributed by atoms with Gasteiger partial charge in [0, 0.05) is 12.5 Å². The number of esters is 1. The van der Waals surface area contributed by atoms with Crippen molar-refractivity contribution in [3.63, 3.8) is 0 Å². The van der Waals surface area contributed by atoms with Crippen LogP contribution in [-0.4, -0.2) is 5.97 Å². The minimum absolute atomic E-state index is 0.241. The third-order valence-corrected chi connectivity index (χ3v) is 2.46. The highest BCUT2D eigenvalue weighted by Gasteiger charge is 2.31. The molecule has 0 N–H and O–H groups in total. The smallest absolute Gasteiger partial charge is 0.416 e. The van der Waals surface area contributed by atoms with Gasteiger partial charge in [-0.3, -0.25) is 4.79 Å². The zero-order valence-electron chi connectivity index (χ0n) is 8.22. The topological polar surface area (TPSA) is 26.3 Å². The van der Waals surface area contributed by atoms with Gasteiger partial charge in [0.05, 0.1) is 5.56 Å². The van der Waals surface area contributed by atoms with Gasteiger partial charge in [-0.15, -0.1) is 0 Å². The van der Waals surface area contributed by atoms with Crippen LogP contribution in [0.4, 0.5) is 13.2 Å². The molecular formula is C10H8BrF3O2. The van der Waals surface area contributed by atoms with E-state index in [4.69, 9.17) is 4.74 Å². The summed E-state index contributed by atoms with van der Waals surface area (Å²) in [7, 11) is 0. The first-order valence-electron chi connectivity index (χ1n) is 4.29. The molecule has 0 aliphatic carbocycles. The second-order valence-electron chi connectivity index (χ2n) is 3.05. The van der Waals surface area contributed by atoms with Crippen LogP contribution in [0.2, 0.25) is 0 Å². The first kappa shape index (κ1) is 13.0. The standard InChI is InChI=1S/C10H8BrF3O2/c1-6(15)16-9(11)7-3-2-4-8(5-7)10(12,13)14/h2-5,9H,1H3. The molecule has 0 bridgehead atoms. The quantitative estimate of drug-likeness (QED) is 0.615. The Morgan fingerprint density at radius 2 is 2.06 bits per heavy atom. The maximum absolute atomic E-state index is 12.4. The van der Waals surface area contributed by atoms with Gasteiger partial charge < -0.3 is 4.74 Å². The molecular weight excluding hydrogens is 289 g/mol. The van der Waals surface area contributed by atoms with Crippen LogP contribution in [0.25, 0.3) is 0 Å². The number of hydrogen-bond donors (Lipinski definition) is 0. The fourth-order valence-corrected chi connectivity index (χ4v) is 1.62. The number of hydrogen-bond acceptors (Lipinski definition) is 2. The maximum atomic E-state index is 12.4. The number of rotatable bonds is 2. The number of carbonyl (C=O) groups excluding carboxylic acids is 1. The van der Waals surface area contributed by atoms with Crippen molar-refractivity contribution < 1.29 is 22.7 Å². The molecule has 6 heteroatoms. The summed E-state index contributed by atoms with van der Waals surface area (Å²) in [5, 5.41) is -0.868. The SMILES string of the molecule is CC(=O)OC(Br)c1cccc(C(F)(F)F)c1. The van der Waals surface area contributed by atoms with Gasteiger partial charge in [0.15, 0.2) is 5.01 Å². The lowest BCUT2D eigenvalue weighted by Gasteiger charge is -2.12. The Labute approximate surface area is 98.5 Å². The lowest BCUT2D eigenvalue weighted by atomic mass is 10.1. The molecule has 0 fully saturated rings. The van der Waals surface area contributed by atoms with Crippen molar-refractivity contribution in [1.82, 2.24) is 0 Å². The first-order valence-corrected chi connectivity index (χ1v) is 5.20. The van der Waals surface area contributed by atoms with Crippen molar-refractivity contribution in [3.8, 4) is 0 Å². The van der Waals surface area contributed by atoms with Crippen LogP contribution in [-0.2, 0) is 15.7 Å². The van der Waals surface area contributed by atoms with Crippen LogP contribution in [0, 0.1) is 0 Å². The number of carbonyl (C=O) groups is 1. The minimum Gasteiger partial charge on any atom is -0.446 e. The zero-order valence-corrected chi connectivity index (χ0v) is 9.80. The summed E-state index contributed by atoms with van der Waals surface area (Å²) in [6, 6.07) is 4.59. The number of halogens is 4. The zero-order chi connectivity index (χ0) is 12.3. The van der Waals surface area contributed by atoms with Crippen molar-refractivity contribution in [3.05, 3.63) is 35.4 Å². The van der Waals surface area contributed by atoms with Gasteiger partial charge in [-0.2, -0.15) is 13.2 Å². The molecule has 2 nitrogen and oxygen atoms in total. The second kappa shape index (κ2) is 4.86. The summed E-state index contributed by atoms with van der Waals surface area (Å²) >= 11 is 2.98. The highest BCUT2D eigenvalue weighted by atomic mass is 79.9. The maximum Gasteiger partial charge on any atom is 0.416 e. The molecule has 1 aromatic carbocycles. The molecule has 0 radical (unpaired) electrons. The van der Waals surface area contributed by atoms with Crippen molar-refractivity contribution in [2.75, 3.05) is 0 Å². The van der Waals surface area contributed by atoms with Crippen LogP contribution in [0.3, 0.4) is 0 Å². The second-order valence-corrected chi connectivity index (χ2v) is 3.88. The molecule has 0 aromatic heterocycles. The van der Waals surface area contributed by atoms with Gasteiger partial charge in [0.25, 0.3) is 0 Å². The summed E-state index contributed by atoms with van der Waals surface area (Å²) < 4.78 is 41.8. The number of ether oxygens (including phenoxy) is 1. The van der Waals surface area contributed by atoms with E-state index in [1.54, 1.807) is 0 Å². The van der Waals surface area contributed by atoms with E-state index in [2.05, 4.69) is 15.9 Å². The summed E-state index contributed by atoms with van der Waals surface area (Å²) in [6.07, 6.45) is -4.40. The average Bonchev–Trinajstić information content (AvgIpc) is 2.15. The molecule has 0 aliphatic rings. The van der Waals surface area contributed by atoms with Crippen molar-refractivity contribution in [2.45, 2.75) is 18.1 Å². The molecule has 16 heavy (non-hydrogen) atoms. The summed E-state index contributed by atoms with van der Waals surface area (Å²) in [5.74, 6) is -0.570. The Morgan fingerprint density at radius 3 is 2.56 bits per heavy atom. The predicted molar refractivity (Wildman–Crippen MR) is 54.9 cm³/mol. The van der Waals surface area contributed by atoms with Gasteiger partial charge in [-0.1, -0.05) is 12.1 Å². The normalized spacial score (nSPS) is 13.3. The van der Waals surface area contributed by atoms with E-state index in [0.717, 1.165) is 12.1 Å². The van der Waals surface area contributed by atoms with Crippen molar-refractivity contribution >= 4 is 21.9 Å². The average molecular weight is 297 g/mol. The van der Waals surface area contributed by atoms with E-state index in [1.807, 2.05) is 0 Å². The fourth-order valence-electron chi connectivity index (χ4n) is 1.07. The third kappa shape index (κ3) is 3.52. The summed E-state index contributed by atoms with van der Waals surface area (Å²) in [6.45, 7) is 1.18. The Hall–Kier alpha value is -1.04. The summed E-state index contributed by atoms with van der Waals surface area (Å²) in [4.78, 5) is 10.6. The van der Waals surface area contributed by atoms with Crippen molar-refractivity contribution in [2.24, 2.45) is 0 Å². The first-order chi connectivity index (χ1) is 7.30. The molecule has 1 rings (SSSR count). The molecule has 88 valence electrons. The Kier molecular flexibility index (Phi) is 3.96. The van der Waals surface area contributed by atoms with Gasteiger partial charge >= 0.3 is 12.1 Å². The molecule has 1 aromatic rings. The van der Waals surface area contributed by atoms with Crippen LogP contribution in [0.15, 0.2) is 24.3 Å². The molecule has 0 spiro atoms. The number of benzene rings is 1. The highest BCUT2D eigenvalue weighted by Crippen LogP contribution is 2.32. The lowest BCUT2D eigenvalue weighted by molar-refractivity contribution is -0.142. The molecule has 0 saturated carbocycles. The Balaban J connectivity index is 2.94. The van der Waals surface area contributed by atoms with Gasteiger partial charge in [-0.05, 0) is 28.1 Å². The van der Waals surface area contributed by atoms with E-state index < -0.39 is 22.7 Å². The molecule has 0 amide bonds.